The summed E-state index contributed by atoms with van der Waals surface area (Å²) in [6.07, 6.45) is 16.6. The van der Waals surface area contributed by atoms with E-state index in [1.54, 1.807) is 21.3 Å². The summed E-state index contributed by atoms with van der Waals surface area (Å²) in [7, 11) is 5.02. The van der Waals surface area contributed by atoms with Crippen molar-refractivity contribution < 1.29 is 47.7 Å². The molecule has 0 atom stereocenters. The third-order valence-corrected chi connectivity index (χ3v) is 9.52. The minimum Gasteiger partial charge on any atom is -0.497 e. The Balaban J connectivity index is 1.17. The maximum Gasteiger partial charge on any atom is 0.127 e. The van der Waals surface area contributed by atoms with Crippen molar-refractivity contribution in [1.29, 1.82) is 0 Å². The van der Waals surface area contributed by atoms with Crippen molar-refractivity contribution in [2.45, 2.75) is 0 Å². The second kappa shape index (κ2) is 28.6. The van der Waals surface area contributed by atoms with Crippen LogP contribution in [0.2, 0.25) is 0 Å². The van der Waals surface area contributed by atoms with Gasteiger partial charge in [0.1, 0.15) is 29.6 Å². The van der Waals surface area contributed by atoms with E-state index in [0.29, 0.717) is 78.4 Å². The van der Waals surface area contributed by atoms with E-state index in [9.17, 15) is 0 Å². The molecule has 5 rings (SSSR count). The van der Waals surface area contributed by atoms with Gasteiger partial charge in [-0.15, -0.1) is 0 Å². The maximum absolute atomic E-state index is 8.71. The van der Waals surface area contributed by atoms with Crippen molar-refractivity contribution in [2.24, 2.45) is 0 Å². The molecule has 0 heterocycles. The normalized spacial score (nSPS) is 11.7. The van der Waals surface area contributed by atoms with Crippen LogP contribution in [-0.4, -0.2) is 106 Å². The predicted octanol–water partition coefficient (Wildman–Crippen LogP) is 9.85. The van der Waals surface area contributed by atoms with Gasteiger partial charge in [0.25, 0.3) is 0 Å². The number of hydrogen-bond acceptors (Lipinski definition) is 10. The van der Waals surface area contributed by atoms with Gasteiger partial charge < -0.3 is 47.7 Å². The highest BCUT2D eigenvalue weighted by Gasteiger charge is 2.10. The highest BCUT2D eigenvalue weighted by Crippen LogP contribution is 2.32. The first kappa shape index (κ1) is 48.1. The summed E-state index contributed by atoms with van der Waals surface area (Å²) in [5, 5.41) is 8.71. The molecular weight excluding hydrogens is 797 g/mol. The Kier molecular flexibility index (Phi) is 21.8. The van der Waals surface area contributed by atoms with Gasteiger partial charge in [-0.2, -0.15) is 0 Å². The maximum atomic E-state index is 8.71. The number of hydrogen-bond donors (Lipinski definition) is 1. The van der Waals surface area contributed by atoms with Crippen LogP contribution in [0, 0.1) is 0 Å². The number of aliphatic hydroxyl groups excluding tert-OH is 1. The van der Waals surface area contributed by atoms with Crippen LogP contribution >= 0.6 is 0 Å². The number of benzene rings is 5. The summed E-state index contributed by atoms with van der Waals surface area (Å²) < 4.78 is 50.3. The van der Waals surface area contributed by atoms with E-state index in [4.69, 9.17) is 47.7 Å². The van der Waals surface area contributed by atoms with Crippen LogP contribution < -0.4 is 18.9 Å². The van der Waals surface area contributed by atoms with E-state index in [2.05, 4.69) is 85.0 Å². The Morgan fingerprint density at radius 3 is 0.952 bits per heavy atom. The molecule has 10 heteroatoms. The molecule has 0 saturated heterocycles. The third kappa shape index (κ3) is 18.1. The van der Waals surface area contributed by atoms with Gasteiger partial charge in [0.2, 0.25) is 0 Å². The van der Waals surface area contributed by atoms with Gasteiger partial charge >= 0.3 is 0 Å². The van der Waals surface area contributed by atoms with Crippen molar-refractivity contribution in [3.63, 3.8) is 0 Å². The summed E-state index contributed by atoms with van der Waals surface area (Å²) in [4.78, 5) is 0. The van der Waals surface area contributed by atoms with Gasteiger partial charge in [0.05, 0.1) is 94.0 Å². The molecule has 0 saturated carbocycles. The zero-order chi connectivity index (χ0) is 44.2. The molecule has 10 nitrogen and oxygen atoms in total. The average molecular weight is 857 g/mol. The molecule has 5 aromatic rings. The molecule has 0 bridgehead atoms. The Hall–Kier alpha value is -5.98. The lowest BCUT2D eigenvalue weighted by atomic mass is 10.0. The molecule has 0 unspecified atom stereocenters. The highest BCUT2D eigenvalue weighted by molar-refractivity contribution is 5.80. The van der Waals surface area contributed by atoms with Gasteiger partial charge in [-0.1, -0.05) is 121 Å². The molecule has 0 amide bonds. The minimum absolute atomic E-state index is 0.0115. The first-order valence-electron chi connectivity index (χ1n) is 21.1. The lowest BCUT2D eigenvalue weighted by Gasteiger charge is -2.14. The van der Waals surface area contributed by atoms with Crippen molar-refractivity contribution >= 4 is 48.6 Å². The summed E-state index contributed by atoms with van der Waals surface area (Å²) in [5.41, 5.74) is 8.28. The van der Waals surface area contributed by atoms with Crippen LogP contribution in [0.3, 0.4) is 0 Å². The monoisotopic (exact) mass is 856 g/mol. The quantitative estimate of drug-likeness (QED) is 0.0370. The predicted molar refractivity (Wildman–Crippen MR) is 254 cm³/mol. The van der Waals surface area contributed by atoms with Crippen molar-refractivity contribution in [3.05, 3.63) is 154 Å². The zero-order valence-corrected chi connectivity index (χ0v) is 36.6. The van der Waals surface area contributed by atoms with E-state index in [1.807, 2.05) is 72.8 Å². The fraction of sp³-hybridized carbons (Fsp3) is 0.283. The van der Waals surface area contributed by atoms with E-state index >= 15 is 0 Å². The highest BCUT2D eigenvalue weighted by atomic mass is 16.6. The molecular formula is C53H60O10. The molecule has 0 aromatic heterocycles. The zero-order valence-electron chi connectivity index (χ0n) is 36.6. The van der Waals surface area contributed by atoms with Crippen molar-refractivity contribution in [1.82, 2.24) is 0 Å². The van der Waals surface area contributed by atoms with Gasteiger partial charge in [-0.3, -0.25) is 0 Å². The van der Waals surface area contributed by atoms with E-state index < -0.39 is 0 Å². The molecule has 0 fully saturated rings. The minimum atomic E-state index is 0.0115. The van der Waals surface area contributed by atoms with E-state index in [-0.39, 0.29) is 6.61 Å². The molecule has 332 valence electrons. The van der Waals surface area contributed by atoms with Crippen molar-refractivity contribution in [2.75, 3.05) is 101 Å². The van der Waals surface area contributed by atoms with Crippen LogP contribution in [0.25, 0.3) is 48.6 Å². The Morgan fingerprint density at radius 1 is 0.333 bits per heavy atom. The molecule has 0 aliphatic carbocycles. The molecule has 0 aliphatic rings. The summed E-state index contributed by atoms with van der Waals surface area (Å²) in [5.74, 6) is 3.11. The molecule has 0 radical (unpaired) electrons. The first-order chi connectivity index (χ1) is 31.1. The fourth-order valence-corrected chi connectivity index (χ4v) is 6.03. The van der Waals surface area contributed by atoms with Gasteiger partial charge in [0, 0.05) is 11.1 Å². The molecule has 0 aliphatic heterocycles. The summed E-state index contributed by atoms with van der Waals surface area (Å²) in [6.45, 7) is 4.77. The van der Waals surface area contributed by atoms with E-state index in [0.717, 1.165) is 61.8 Å². The Bertz CT molecular complexity index is 2140. The number of ether oxygens (including phenoxy) is 9. The number of rotatable bonds is 29. The molecule has 63 heavy (non-hydrogen) atoms. The third-order valence-electron chi connectivity index (χ3n) is 9.52. The largest absolute Gasteiger partial charge is 0.497 e. The Morgan fingerprint density at radius 2 is 0.619 bits per heavy atom. The lowest BCUT2D eigenvalue weighted by Crippen LogP contribution is -2.14. The van der Waals surface area contributed by atoms with Gasteiger partial charge in [-0.05, 0) is 69.8 Å². The van der Waals surface area contributed by atoms with Gasteiger partial charge in [-0.25, -0.2) is 0 Å². The summed E-state index contributed by atoms with van der Waals surface area (Å²) in [6, 6.07) is 36.7. The van der Waals surface area contributed by atoms with Crippen LogP contribution in [0.1, 0.15) is 44.5 Å². The second-order valence-corrected chi connectivity index (χ2v) is 14.0. The van der Waals surface area contributed by atoms with Crippen LogP contribution in [0.5, 0.6) is 23.0 Å². The number of methoxy groups -OCH3 is 3. The standard InChI is InChI=1S/C53H60O10/c1-55-50-24-18-46(19-25-50)14-8-42-4-10-44(11-5-42)16-22-48-41-53(63-39-38-62-37-36-61-35-34-60-33-32-59-31-30-58-29-28-54)49(40-52(48)57-3)23-17-45-12-6-43(7-13-45)9-15-47-20-26-51(56-2)27-21-47/h4-27,40-41,54H,28-39H2,1-3H3/b14-8+,15-9+,22-16+,23-17+. The smallest absolute Gasteiger partial charge is 0.127 e. The van der Waals surface area contributed by atoms with Crippen molar-refractivity contribution in [3.8, 4) is 23.0 Å². The average Bonchev–Trinajstić information content (AvgIpc) is 3.33. The van der Waals surface area contributed by atoms with Crippen LogP contribution in [-0.2, 0) is 23.7 Å². The van der Waals surface area contributed by atoms with Crippen LogP contribution in [0.15, 0.2) is 109 Å². The molecule has 5 aromatic carbocycles. The first-order valence-corrected chi connectivity index (χ1v) is 21.1. The Labute approximate surface area is 372 Å². The lowest BCUT2D eigenvalue weighted by molar-refractivity contribution is -0.0146. The molecule has 0 spiro atoms. The molecule has 1 N–H and O–H groups in total. The van der Waals surface area contributed by atoms with E-state index in [1.165, 1.54) is 0 Å². The van der Waals surface area contributed by atoms with Gasteiger partial charge in [0.15, 0.2) is 0 Å². The topological polar surface area (TPSA) is 103 Å². The second-order valence-electron chi connectivity index (χ2n) is 14.0. The SMILES string of the molecule is COc1ccc(/C=C/c2ccc(/C=C/c3cc(OCCOCCOCCOCCOCCOCCO)c(/C=C/c4ccc(/C=C/c5ccc(OC)cc5)cc4)cc3OC)cc2)cc1. The fourth-order valence-electron chi connectivity index (χ4n) is 6.03. The number of aliphatic hydroxyl groups is 1. The summed E-state index contributed by atoms with van der Waals surface area (Å²) >= 11 is 0. The van der Waals surface area contributed by atoms with Crippen LogP contribution in [0.4, 0.5) is 0 Å².